The van der Waals surface area contributed by atoms with Crippen LogP contribution in [0.1, 0.15) is 12.5 Å². The zero-order valence-electron chi connectivity index (χ0n) is 10.3. The van der Waals surface area contributed by atoms with Crippen LogP contribution in [-0.4, -0.2) is 22.3 Å². The molecule has 0 fully saturated rings. The van der Waals surface area contributed by atoms with Crippen molar-refractivity contribution in [3.8, 4) is 0 Å². The standard InChI is InChI=1S/C12H13ClN4OS/c1-8(6-9-4-2-3-5-10(9)13)15-11(18)16-12-17-14-7-19-12/h2-5,7-8H,6H2,1H3,(H2,15,16,17,18)/t8-/m1/s1. The van der Waals surface area contributed by atoms with Gasteiger partial charge in [0.1, 0.15) is 5.51 Å². The number of amides is 2. The quantitative estimate of drug-likeness (QED) is 0.911. The van der Waals surface area contributed by atoms with Crippen LogP contribution >= 0.6 is 22.9 Å². The Balaban J connectivity index is 1.86. The predicted molar refractivity (Wildman–Crippen MR) is 76.7 cm³/mol. The molecule has 0 aliphatic carbocycles. The van der Waals surface area contributed by atoms with E-state index in [1.807, 2.05) is 31.2 Å². The number of aromatic nitrogens is 2. The minimum atomic E-state index is -0.295. The van der Waals surface area contributed by atoms with Crippen LogP contribution in [0, 0.1) is 0 Å². The lowest BCUT2D eigenvalue weighted by Crippen LogP contribution is -2.37. The van der Waals surface area contributed by atoms with Gasteiger partial charge in [0.25, 0.3) is 0 Å². The van der Waals surface area contributed by atoms with Crippen LogP contribution < -0.4 is 10.6 Å². The summed E-state index contributed by atoms with van der Waals surface area (Å²) in [6.45, 7) is 1.92. The summed E-state index contributed by atoms with van der Waals surface area (Å²) in [5.74, 6) is 0. The summed E-state index contributed by atoms with van der Waals surface area (Å²) in [5, 5.41) is 14.0. The van der Waals surface area contributed by atoms with E-state index >= 15 is 0 Å². The van der Waals surface area contributed by atoms with Gasteiger partial charge in [-0.25, -0.2) is 4.79 Å². The molecular weight excluding hydrogens is 284 g/mol. The Morgan fingerprint density at radius 2 is 2.26 bits per heavy atom. The highest BCUT2D eigenvalue weighted by molar-refractivity contribution is 7.13. The summed E-state index contributed by atoms with van der Waals surface area (Å²) in [4.78, 5) is 11.7. The Morgan fingerprint density at radius 3 is 2.95 bits per heavy atom. The lowest BCUT2D eigenvalue weighted by atomic mass is 10.1. The zero-order chi connectivity index (χ0) is 13.7. The molecule has 0 bridgehead atoms. The van der Waals surface area contributed by atoms with Gasteiger partial charge in [0.15, 0.2) is 0 Å². The van der Waals surface area contributed by atoms with E-state index in [0.29, 0.717) is 16.6 Å². The fourth-order valence-corrected chi connectivity index (χ4v) is 2.28. The minimum absolute atomic E-state index is 0.0344. The first-order valence-electron chi connectivity index (χ1n) is 5.72. The number of hydrogen-bond donors (Lipinski definition) is 2. The van der Waals surface area contributed by atoms with E-state index in [1.54, 1.807) is 5.51 Å². The summed E-state index contributed by atoms with van der Waals surface area (Å²) in [6, 6.07) is 7.26. The first kappa shape index (κ1) is 13.8. The number of halogens is 1. The van der Waals surface area contributed by atoms with Crippen molar-refractivity contribution in [3.63, 3.8) is 0 Å². The zero-order valence-corrected chi connectivity index (χ0v) is 11.8. The monoisotopic (exact) mass is 296 g/mol. The smallest absolute Gasteiger partial charge is 0.321 e. The molecule has 0 aliphatic rings. The molecule has 0 spiro atoms. The highest BCUT2D eigenvalue weighted by Crippen LogP contribution is 2.16. The van der Waals surface area contributed by atoms with Gasteiger partial charge in [0.05, 0.1) is 0 Å². The number of nitrogens with one attached hydrogen (secondary N) is 2. The second-order valence-electron chi connectivity index (χ2n) is 4.04. The summed E-state index contributed by atoms with van der Waals surface area (Å²) in [5.41, 5.74) is 2.57. The van der Waals surface area contributed by atoms with Crippen LogP contribution in [0.5, 0.6) is 0 Å². The summed E-state index contributed by atoms with van der Waals surface area (Å²) >= 11 is 7.34. The Morgan fingerprint density at radius 1 is 1.47 bits per heavy atom. The molecule has 2 amide bonds. The molecule has 0 radical (unpaired) electrons. The number of benzene rings is 1. The van der Waals surface area contributed by atoms with Crippen molar-refractivity contribution >= 4 is 34.1 Å². The van der Waals surface area contributed by atoms with Gasteiger partial charge < -0.3 is 5.32 Å². The highest BCUT2D eigenvalue weighted by atomic mass is 35.5. The number of carbonyl (C=O) groups is 1. The number of carbonyl (C=O) groups excluding carboxylic acids is 1. The van der Waals surface area contributed by atoms with Gasteiger partial charge in [-0.15, -0.1) is 10.2 Å². The van der Waals surface area contributed by atoms with Crippen molar-refractivity contribution in [3.05, 3.63) is 40.4 Å². The number of urea groups is 1. The van der Waals surface area contributed by atoms with Crippen molar-refractivity contribution < 1.29 is 4.79 Å². The van der Waals surface area contributed by atoms with Gasteiger partial charge >= 0.3 is 6.03 Å². The van der Waals surface area contributed by atoms with Crippen LogP contribution in [0.2, 0.25) is 5.02 Å². The van der Waals surface area contributed by atoms with Crippen LogP contribution in [-0.2, 0) is 6.42 Å². The summed E-state index contributed by atoms with van der Waals surface area (Å²) < 4.78 is 0. The third kappa shape index (κ3) is 4.18. The van der Waals surface area contributed by atoms with Crippen molar-refractivity contribution in [1.29, 1.82) is 0 Å². The van der Waals surface area contributed by atoms with Crippen LogP contribution in [0.15, 0.2) is 29.8 Å². The molecule has 2 rings (SSSR count). The molecule has 1 aromatic heterocycles. The largest absolute Gasteiger partial charge is 0.335 e. The molecule has 19 heavy (non-hydrogen) atoms. The van der Waals surface area contributed by atoms with Crippen LogP contribution in [0.4, 0.5) is 9.93 Å². The summed E-state index contributed by atoms with van der Waals surface area (Å²) in [7, 11) is 0. The fourth-order valence-electron chi connectivity index (χ4n) is 1.63. The van der Waals surface area contributed by atoms with E-state index in [0.717, 1.165) is 5.56 Å². The molecule has 7 heteroatoms. The normalized spacial score (nSPS) is 11.9. The molecule has 2 aromatic rings. The van der Waals surface area contributed by atoms with E-state index in [9.17, 15) is 4.79 Å². The lowest BCUT2D eigenvalue weighted by molar-refractivity contribution is 0.249. The molecule has 1 atom stereocenters. The average Bonchev–Trinajstić information content (AvgIpc) is 2.84. The van der Waals surface area contributed by atoms with E-state index in [1.165, 1.54) is 11.3 Å². The Labute approximate surface area is 120 Å². The number of nitrogens with zero attached hydrogens (tertiary/aromatic N) is 2. The second-order valence-corrected chi connectivity index (χ2v) is 5.28. The molecule has 0 unspecified atom stereocenters. The van der Waals surface area contributed by atoms with E-state index in [4.69, 9.17) is 11.6 Å². The number of hydrogen-bond acceptors (Lipinski definition) is 4. The number of rotatable bonds is 4. The van der Waals surface area contributed by atoms with Gasteiger partial charge in [0, 0.05) is 11.1 Å². The molecule has 0 aliphatic heterocycles. The fraction of sp³-hybridized carbons (Fsp3) is 0.250. The predicted octanol–water partition coefficient (Wildman–Crippen LogP) is 2.94. The molecule has 5 nitrogen and oxygen atoms in total. The first-order valence-corrected chi connectivity index (χ1v) is 6.98. The van der Waals surface area contributed by atoms with E-state index in [-0.39, 0.29) is 12.1 Å². The third-order valence-electron chi connectivity index (χ3n) is 2.44. The lowest BCUT2D eigenvalue weighted by Gasteiger charge is -2.14. The molecule has 1 heterocycles. The SMILES string of the molecule is C[C@H](Cc1ccccc1Cl)NC(=O)Nc1nncs1. The Bertz CT molecular complexity index is 546. The topological polar surface area (TPSA) is 66.9 Å². The summed E-state index contributed by atoms with van der Waals surface area (Å²) in [6.07, 6.45) is 0.670. The molecule has 0 saturated heterocycles. The van der Waals surface area contributed by atoms with Crippen molar-refractivity contribution in [1.82, 2.24) is 15.5 Å². The maximum Gasteiger partial charge on any atom is 0.321 e. The molecule has 1 aromatic carbocycles. The van der Waals surface area contributed by atoms with E-state index in [2.05, 4.69) is 20.8 Å². The van der Waals surface area contributed by atoms with Gasteiger partial charge in [-0.3, -0.25) is 5.32 Å². The number of anilines is 1. The molecular formula is C12H13ClN4OS. The van der Waals surface area contributed by atoms with Gasteiger partial charge in [-0.05, 0) is 25.0 Å². The average molecular weight is 297 g/mol. The maximum absolute atomic E-state index is 11.7. The van der Waals surface area contributed by atoms with Crippen LogP contribution in [0.25, 0.3) is 0 Å². The molecule has 2 N–H and O–H groups in total. The Hall–Kier alpha value is -1.66. The van der Waals surface area contributed by atoms with Crippen molar-refractivity contribution in [2.75, 3.05) is 5.32 Å². The minimum Gasteiger partial charge on any atom is -0.335 e. The van der Waals surface area contributed by atoms with Crippen LogP contribution in [0.3, 0.4) is 0 Å². The molecule has 100 valence electrons. The van der Waals surface area contributed by atoms with Crippen molar-refractivity contribution in [2.45, 2.75) is 19.4 Å². The highest BCUT2D eigenvalue weighted by Gasteiger charge is 2.10. The van der Waals surface area contributed by atoms with Gasteiger partial charge in [-0.2, -0.15) is 0 Å². The maximum atomic E-state index is 11.7. The second kappa shape index (κ2) is 6.49. The molecule has 0 saturated carbocycles. The van der Waals surface area contributed by atoms with E-state index < -0.39 is 0 Å². The van der Waals surface area contributed by atoms with Gasteiger partial charge in [0.2, 0.25) is 5.13 Å². The van der Waals surface area contributed by atoms with Gasteiger partial charge in [-0.1, -0.05) is 41.1 Å². The van der Waals surface area contributed by atoms with Crippen molar-refractivity contribution in [2.24, 2.45) is 0 Å². The Kier molecular flexibility index (Phi) is 4.70. The third-order valence-corrected chi connectivity index (χ3v) is 3.42. The first-order chi connectivity index (χ1) is 9.15.